The van der Waals surface area contributed by atoms with Crippen LogP contribution in [0.15, 0.2) is 0 Å². The Morgan fingerprint density at radius 2 is 2.06 bits per heavy atom. The minimum atomic E-state index is -0.0907. The standard InChI is InChI=1S/C10H19N3O2.ClH/c1-3-11-9(14)7-13(4-2)10(15)8-5-6-12-8;/h8,12H,3-7H2,1-2H3,(H,11,14);1H/t8-;/m1./s1. The molecule has 2 N–H and O–H groups in total. The van der Waals surface area contributed by atoms with Gasteiger partial charge in [0.2, 0.25) is 11.8 Å². The number of rotatable bonds is 5. The predicted molar refractivity (Wildman–Crippen MR) is 64.6 cm³/mol. The van der Waals surface area contributed by atoms with Gasteiger partial charge in [-0.3, -0.25) is 9.59 Å². The molecule has 1 rings (SSSR count). The smallest absolute Gasteiger partial charge is 0.240 e. The van der Waals surface area contributed by atoms with Crippen LogP contribution in [-0.2, 0) is 9.59 Å². The van der Waals surface area contributed by atoms with Gasteiger partial charge in [0.05, 0.1) is 12.6 Å². The quantitative estimate of drug-likeness (QED) is 0.707. The summed E-state index contributed by atoms with van der Waals surface area (Å²) in [4.78, 5) is 24.7. The van der Waals surface area contributed by atoms with Crippen molar-refractivity contribution in [3.8, 4) is 0 Å². The van der Waals surface area contributed by atoms with E-state index in [-0.39, 0.29) is 36.8 Å². The molecule has 0 bridgehead atoms. The van der Waals surface area contributed by atoms with Crippen LogP contribution in [-0.4, -0.2) is 48.9 Å². The van der Waals surface area contributed by atoms with E-state index < -0.39 is 0 Å². The lowest BCUT2D eigenvalue weighted by molar-refractivity contribution is -0.138. The summed E-state index contributed by atoms with van der Waals surface area (Å²) >= 11 is 0. The first-order valence-corrected chi connectivity index (χ1v) is 5.47. The van der Waals surface area contributed by atoms with Gasteiger partial charge in [0.15, 0.2) is 0 Å². The Kier molecular flexibility index (Phi) is 7.08. The first-order chi connectivity index (χ1) is 7.19. The molecule has 0 spiro atoms. The number of nitrogens with one attached hydrogen (secondary N) is 2. The molecule has 0 aromatic carbocycles. The summed E-state index contributed by atoms with van der Waals surface area (Å²) < 4.78 is 0. The fourth-order valence-corrected chi connectivity index (χ4v) is 1.49. The number of likely N-dealkylation sites (N-methyl/N-ethyl adjacent to an activating group) is 2. The number of carbonyl (C=O) groups is 2. The minimum Gasteiger partial charge on any atom is -0.355 e. The van der Waals surface area contributed by atoms with Crippen LogP contribution in [0.1, 0.15) is 20.3 Å². The van der Waals surface area contributed by atoms with Crippen LogP contribution >= 0.6 is 12.4 Å². The number of halogens is 1. The molecule has 1 fully saturated rings. The highest BCUT2D eigenvalue weighted by Crippen LogP contribution is 2.06. The largest absolute Gasteiger partial charge is 0.355 e. The maximum Gasteiger partial charge on any atom is 0.240 e. The SMILES string of the molecule is CCNC(=O)CN(CC)C(=O)[C@H]1CCN1.Cl. The lowest BCUT2D eigenvalue weighted by Crippen LogP contribution is -2.55. The molecule has 0 aliphatic carbocycles. The molecular weight excluding hydrogens is 230 g/mol. The van der Waals surface area contributed by atoms with Crippen molar-refractivity contribution in [1.82, 2.24) is 15.5 Å². The van der Waals surface area contributed by atoms with Gasteiger partial charge < -0.3 is 15.5 Å². The van der Waals surface area contributed by atoms with E-state index in [0.717, 1.165) is 13.0 Å². The normalized spacial score (nSPS) is 18.0. The Balaban J connectivity index is 0.00000225. The predicted octanol–water partition coefficient (Wildman–Crippen LogP) is -0.245. The van der Waals surface area contributed by atoms with Gasteiger partial charge in [-0.2, -0.15) is 0 Å². The van der Waals surface area contributed by atoms with Gasteiger partial charge in [0, 0.05) is 13.1 Å². The Bertz CT molecular complexity index is 244. The number of nitrogens with zero attached hydrogens (tertiary/aromatic N) is 1. The second kappa shape index (κ2) is 7.46. The summed E-state index contributed by atoms with van der Waals surface area (Å²) in [5.41, 5.74) is 0. The van der Waals surface area contributed by atoms with Gasteiger partial charge in [0.25, 0.3) is 0 Å². The Morgan fingerprint density at radius 1 is 1.44 bits per heavy atom. The monoisotopic (exact) mass is 249 g/mol. The third-order valence-electron chi connectivity index (χ3n) is 2.52. The van der Waals surface area contributed by atoms with E-state index in [4.69, 9.17) is 0 Å². The third-order valence-corrected chi connectivity index (χ3v) is 2.52. The van der Waals surface area contributed by atoms with E-state index in [1.54, 1.807) is 4.90 Å². The average Bonchev–Trinajstić information content (AvgIpc) is 2.11. The van der Waals surface area contributed by atoms with E-state index in [1.165, 1.54) is 0 Å². The maximum absolute atomic E-state index is 11.8. The summed E-state index contributed by atoms with van der Waals surface area (Å²) in [6.45, 7) is 6.00. The number of amides is 2. The Hall–Kier alpha value is -0.810. The second-order valence-corrected chi connectivity index (χ2v) is 3.60. The lowest BCUT2D eigenvalue weighted by atomic mass is 10.1. The van der Waals surface area contributed by atoms with Crippen molar-refractivity contribution < 1.29 is 9.59 Å². The van der Waals surface area contributed by atoms with E-state index in [2.05, 4.69) is 10.6 Å². The molecular formula is C10H20ClN3O2. The van der Waals surface area contributed by atoms with Crippen molar-refractivity contribution in [2.24, 2.45) is 0 Å². The number of hydrogen-bond acceptors (Lipinski definition) is 3. The van der Waals surface area contributed by atoms with E-state index in [1.807, 2.05) is 13.8 Å². The van der Waals surface area contributed by atoms with Crippen LogP contribution < -0.4 is 10.6 Å². The minimum absolute atomic E-state index is 0. The van der Waals surface area contributed by atoms with Crippen LogP contribution in [0.5, 0.6) is 0 Å². The molecule has 0 aromatic rings. The molecule has 1 aliphatic heterocycles. The molecule has 16 heavy (non-hydrogen) atoms. The van der Waals surface area contributed by atoms with Crippen molar-refractivity contribution >= 4 is 24.2 Å². The van der Waals surface area contributed by atoms with Gasteiger partial charge in [-0.05, 0) is 26.8 Å². The molecule has 6 heteroatoms. The van der Waals surface area contributed by atoms with E-state index in [0.29, 0.717) is 13.1 Å². The molecule has 0 aromatic heterocycles. The summed E-state index contributed by atoms with van der Waals surface area (Å²) in [7, 11) is 0. The first-order valence-electron chi connectivity index (χ1n) is 5.47. The topological polar surface area (TPSA) is 61.4 Å². The third kappa shape index (κ3) is 3.98. The highest BCUT2D eigenvalue weighted by atomic mass is 35.5. The molecule has 1 atom stereocenters. The highest BCUT2D eigenvalue weighted by molar-refractivity contribution is 5.88. The van der Waals surface area contributed by atoms with Crippen molar-refractivity contribution in [2.45, 2.75) is 26.3 Å². The van der Waals surface area contributed by atoms with Crippen molar-refractivity contribution in [2.75, 3.05) is 26.2 Å². The fourth-order valence-electron chi connectivity index (χ4n) is 1.49. The van der Waals surface area contributed by atoms with Gasteiger partial charge >= 0.3 is 0 Å². The van der Waals surface area contributed by atoms with Gasteiger partial charge in [-0.15, -0.1) is 12.4 Å². The van der Waals surface area contributed by atoms with Crippen LogP contribution in [0, 0.1) is 0 Å². The molecule has 5 nitrogen and oxygen atoms in total. The molecule has 0 radical (unpaired) electrons. The van der Waals surface area contributed by atoms with Crippen LogP contribution in [0.25, 0.3) is 0 Å². The van der Waals surface area contributed by atoms with Crippen molar-refractivity contribution in [3.05, 3.63) is 0 Å². The van der Waals surface area contributed by atoms with E-state index >= 15 is 0 Å². The molecule has 0 saturated carbocycles. The zero-order chi connectivity index (χ0) is 11.3. The van der Waals surface area contributed by atoms with Crippen molar-refractivity contribution in [1.29, 1.82) is 0 Å². The fraction of sp³-hybridized carbons (Fsp3) is 0.800. The zero-order valence-electron chi connectivity index (χ0n) is 9.78. The maximum atomic E-state index is 11.8. The van der Waals surface area contributed by atoms with E-state index in [9.17, 15) is 9.59 Å². The lowest BCUT2D eigenvalue weighted by Gasteiger charge is -2.31. The molecule has 1 saturated heterocycles. The van der Waals surface area contributed by atoms with Crippen molar-refractivity contribution in [3.63, 3.8) is 0 Å². The summed E-state index contributed by atoms with van der Waals surface area (Å²) in [5, 5.41) is 5.73. The van der Waals surface area contributed by atoms with Gasteiger partial charge in [0.1, 0.15) is 0 Å². The molecule has 1 aliphatic rings. The van der Waals surface area contributed by atoms with Gasteiger partial charge in [-0.1, -0.05) is 0 Å². The van der Waals surface area contributed by atoms with Crippen LogP contribution in [0.2, 0.25) is 0 Å². The number of hydrogen-bond donors (Lipinski definition) is 2. The first kappa shape index (κ1) is 15.2. The zero-order valence-corrected chi connectivity index (χ0v) is 10.6. The summed E-state index contributed by atoms with van der Waals surface area (Å²) in [6.07, 6.45) is 0.880. The molecule has 1 heterocycles. The van der Waals surface area contributed by atoms with Crippen LogP contribution in [0.3, 0.4) is 0 Å². The van der Waals surface area contributed by atoms with Crippen LogP contribution in [0.4, 0.5) is 0 Å². The number of carbonyl (C=O) groups excluding carboxylic acids is 2. The van der Waals surface area contributed by atoms with Gasteiger partial charge in [-0.25, -0.2) is 0 Å². The molecule has 94 valence electrons. The average molecular weight is 250 g/mol. The Morgan fingerprint density at radius 3 is 2.44 bits per heavy atom. The Labute approximate surface area is 102 Å². The second-order valence-electron chi connectivity index (χ2n) is 3.60. The molecule has 2 amide bonds. The summed E-state index contributed by atoms with van der Waals surface area (Å²) in [6, 6.07) is -0.0700. The highest BCUT2D eigenvalue weighted by Gasteiger charge is 2.28. The summed E-state index contributed by atoms with van der Waals surface area (Å²) in [5.74, 6) is -0.0537. The molecule has 0 unspecified atom stereocenters.